The molecule has 0 spiro atoms. The highest BCUT2D eigenvalue weighted by atomic mass is 16.6. The van der Waals surface area contributed by atoms with Crippen LogP contribution in [0.1, 0.15) is 53.5 Å². The molecule has 0 aromatic heterocycles. The van der Waals surface area contributed by atoms with E-state index in [1.807, 2.05) is 0 Å². The van der Waals surface area contributed by atoms with Crippen molar-refractivity contribution in [2.45, 2.75) is 71.8 Å². The topological polar surface area (TPSA) is 177 Å². The third kappa shape index (κ3) is 10.4. The van der Waals surface area contributed by atoms with Crippen LogP contribution in [0.3, 0.4) is 0 Å². The molecule has 0 radical (unpaired) electrons. The van der Waals surface area contributed by atoms with E-state index >= 15 is 0 Å². The maximum atomic E-state index is 12.6. The third-order valence-electron chi connectivity index (χ3n) is 3.53. The van der Waals surface area contributed by atoms with Gasteiger partial charge in [0.05, 0.1) is 22.3 Å². The van der Waals surface area contributed by atoms with Gasteiger partial charge in [-0.2, -0.15) is 0 Å². The van der Waals surface area contributed by atoms with Gasteiger partial charge in [-0.25, -0.2) is 9.59 Å². The van der Waals surface area contributed by atoms with E-state index in [4.69, 9.17) is 14.2 Å². The Labute approximate surface area is 189 Å². The Morgan fingerprint density at radius 1 is 0.909 bits per heavy atom. The first-order valence-corrected chi connectivity index (χ1v) is 9.77. The van der Waals surface area contributed by atoms with Crippen molar-refractivity contribution < 1.29 is 38.4 Å². The molecule has 0 heterocycles. The Morgan fingerprint density at radius 3 is 1.82 bits per heavy atom. The lowest BCUT2D eigenvalue weighted by molar-refractivity contribution is -0.394. The van der Waals surface area contributed by atoms with Crippen LogP contribution in [-0.4, -0.2) is 45.1 Å². The molecular formula is C20H27N3O10. The summed E-state index contributed by atoms with van der Waals surface area (Å²) >= 11 is 0. The smallest absolute Gasteiger partial charge is 0.408 e. The van der Waals surface area contributed by atoms with Crippen molar-refractivity contribution in [2.75, 3.05) is 0 Å². The van der Waals surface area contributed by atoms with Crippen molar-refractivity contribution in [2.24, 2.45) is 0 Å². The summed E-state index contributed by atoms with van der Waals surface area (Å²) in [4.78, 5) is 57.2. The zero-order valence-corrected chi connectivity index (χ0v) is 19.2. The summed E-state index contributed by atoms with van der Waals surface area (Å²) in [5.74, 6) is -1.87. The molecule has 1 aromatic rings. The van der Waals surface area contributed by atoms with Gasteiger partial charge in [-0.05, 0) is 41.5 Å². The number of nitrogens with zero attached hydrogens (tertiary/aromatic N) is 2. The fourth-order valence-electron chi connectivity index (χ4n) is 2.40. The van der Waals surface area contributed by atoms with Crippen LogP contribution in [0.2, 0.25) is 0 Å². The number of nitrogens with one attached hydrogen (secondary N) is 1. The first-order chi connectivity index (χ1) is 15.0. The van der Waals surface area contributed by atoms with Gasteiger partial charge in [-0.15, -0.1) is 0 Å². The number of benzene rings is 1. The molecule has 0 bridgehead atoms. The van der Waals surface area contributed by atoms with Gasteiger partial charge in [-0.3, -0.25) is 25.0 Å². The van der Waals surface area contributed by atoms with E-state index in [9.17, 15) is 34.6 Å². The average molecular weight is 469 g/mol. The van der Waals surface area contributed by atoms with E-state index in [2.05, 4.69) is 5.32 Å². The lowest BCUT2D eigenvalue weighted by Gasteiger charge is -2.24. The number of nitro benzene ring substituents is 2. The monoisotopic (exact) mass is 469 g/mol. The van der Waals surface area contributed by atoms with Gasteiger partial charge in [0, 0.05) is 17.7 Å². The van der Waals surface area contributed by atoms with Crippen molar-refractivity contribution in [1.82, 2.24) is 5.32 Å². The molecule has 0 aliphatic carbocycles. The van der Waals surface area contributed by atoms with Crippen molar-refractivity contribution >= 4 is 29.4 Å². The van der Waals surface area contributed by atoms with Crippen LogP contribution < -0.4 is 5.32 Å². The second-order valence-corrected chi connectivity index (χ2v) is 8.97. The summed E-state index contributed by atoms with van der Waals surface area (Å²) in [5, 5.41) is 24.2. The summed E-state index contributed by atoms with van der Waals surface area (Å²) in [6, 6.07) is 1.28. The summed E-state index contributed by atoms with van der Waals surface area (Å²) < 4.78 is 15.3. The summed E-state index contributed by atoms with van der Waals surface area (Å²) in [7, 11) is 0. The molecule has 0 saturated carbocycles. The maximum absolute atomic E-state index is 12.6. The number of nitro groups is 2. The van der Waals surface area contributed by atoms with Crippen LogP contribution in [0, 0.1) is 20.2 Å². The molecular weight excluding hydrogens is 442 g/mol. The fraction of sp³-hybridized carbons (Fsp3) is 0.550. The number of rotatable bonds is 8. The number of hydrogen-bond acceptors (Lipinski definition) is 10. The Kier molecular flexibility index (Phi) is 8.84. The molecule has 1 atom stereocenters. The summed E-state index contributed by atoms with van der Waals surface area (Å²) in [6.07, 6.45) is -1.57. The molecule has 0 fully saturated rings. The van der Waals surface area contributed by atoms with Crippen molar-refractivity contribution in [3.05, 3.63) is 44.0 Å². The van der Waals surface area contributed by atoms with E-state index < -0.39 is 69.5 Å². The molecule has 1 rings (SSSR count). The number of alkyl carbamates (subject to hydrolysis) is 1. The minimum absolute atomic E-state index is 0.0301. The molecule has 0 saturated heterocycles. The van der Waals surface area contributed by atoms with Gasteiger partial charge in [-0.1, -0.05) is 0 Å². The van der Waals surface area contributed by atoms with Gasteiger partial charge in [0.1, 0.15) is 23.9 Å². The largest absolute Gasteiger partial charge is 0.460 e. The van der Waals surface area contributed by atoms with Crippen LogP contribution in [0.15, 0.2) is 18.2 Å². The molecule has 1 N–H and O–H groups in total. The quantitative estimate of drug-likeness (QED) is 0.257. The predicted octanol–water partition coefficient (Wildman–Crippen LogP) is 3.17. The highest BCUT2D eigenvalue weighted by molar-refractivity contribution is 5.86. The Bertz CT molecular complexity index is 869. The second kappa shape index (κ2) is 10.7. The van der Waals surface area contributed by atoms with E-state index in [0.29, 0.717) is 0 Å². The summed E-state index contributed by atoms with van der Waals surface area (Å²) in [6.45, 7) is 9.08. The lowest BCUT2D eigenvalue weighted by Crippen LogP contribution is -2.46. The van der Waals surface area contributed by atoms with Crippen molar-refractivity contribution in [3.8, 4) is 0 Å². The molecule has 13 heteroatoms. The number of carbonyl (C=O) groups is 3. The van der Waals surface area contributed by atoms with Crippen LogP contribution >= 0.6 is 0 Å². The number of esters is 2. The van der Waals surface area contributed by atoms with Crippen molar-refractivity contribution in [3.63, 3.8) is 0 Å². The predicted molar refractivity (Wildman–Crippen MR) is 113 cm³/mol. The highest BCUT2D eigenvalue weighted by Crippen LogP contribution is 2.23. The summed E-state index contributed by atoms with van der Waals surface area (Å²) in [5.41, 5.74) is -2.89. The molecule has 33 heavy (non-hydrogen) atoms. The lowest BCUT2D eigenvalue weighted by atomic mass is 10.1. The van der Waals surface area contributed by atoms with Gasteiger partial charge < -0.3 is 19.5 Å². The van der Waals surface area contributed by atoms with Crippen LogP contribution in [0.5, 0.6) is 0 Å². The first kappa shape index (κ1) is 27.3. The highest BCUT2D eigenvalue weighted by Gasteiger charge is 2.30. The molecule has 1 amide bonds. The fourth-order valence-corrected chi connectivity index (χ4v) is 2.40. The minimum atomic E-state index is -1.50. The number of non-ortho nitro benzene ring substituents is 2. The average Bonchev–Trinajstić information content (AvgIpc) is 2.62. The van der Waals surface area contributed by atoms with E-state index in [0.717, 1.165) is 18.2 Å². The number of carbonyl (C=O) groups excluding carboxylic acids is 3. The molecule has 13 nitrogen and oxygen atoms in total. The minimum Gasteiger partial charge on any atom is -0.460 e. The van der Waals surface area contributed by atoms with E-state index in [-0.39, 0.29) is 5.56 Å². The molecule has 0 aliphatic heterocycles. The molecule has 182 valence electrons. The molecule has 0 aliphatic rings. The Hall–Kier alpha value is -3.77. The molecule has 1 aromatic carbocycles. The first-order valence-electron chi connectivity index (χ1n) is 9.77. The molecule has 0 unspecified atom stereocenters. The Balaban J connectivity index is 3.02. The zero-order chi connectivity index (χ0) is 25.6. The Morgan fingerprint density at radius 2 is 1.39 bits per heavy atom. The second-order valence-electron chi connectivity index (χ2n) is 8.97. The number of amides is 1. The van der Waals surface area contributed by atoms with Gasteiger partial charge in [0.15, 0.2) is 0 Å². The standard InChI is InChI=1S/C20H27N3O10/c1-19(2,3)32-16(24)10-15(21-18(26)33-20(4,5)6)17(25)31-11-12-7-13(22(27)28)9-14(8-12)23(29)30/h7-9,15H,10-11H2,1-6H3,(H,21,26)/t15-/m0/s1. The van der Waals surface area contributed by atoms with Gasteiger partial charge >= 0.3 is 18.0 Å². The number of ether oxygens (including phenoxy) is 3. The van der Waals surface area contributed by atoms with Crippen LogP contribution in [0.25, 0.3) is 0 Å². The number of hydrogen-bond donors (Lipinski definition) is 1. The maximum Gasteiger partial charge on any atom is 0.408 e. The van der Waals surface area contributed by atoms with Gasteiger partial charge in [0.2, 0.25) is 0 Å². The third-order valence-corrected chi connectivity index (χ3v) is 3.53. The van der Waals surface area contributed by atoms with Gasteiger partial charge in [0.25, 0.3) is 11.4 Å². The zero-order valence-electron chi connectivity index (χ0n) is 19.2. The van der Waals surface area contributed by atoms with Crippen LogP contribution in [0.4, 0.5) is 16.2 Å². The van der Waals surface area contributed by atoms with Crippen LogP contribution in [-0.2, 0) is 30.4 Å². The van der Waals surface area contributed by atoms with Crippen molar-refractivity contribution in [1.29, 1.82) is 0 Å². The van der Waals surface area contributed by atoms with E-state index in [1.165, 1.54) is 0 Å². The SMILES string of the molecule is CC(C)(C)OC(=O)C[C@H](NC(=O)OC(C)(C)C)C(=O)OCc1cc([N+](=O)[O-])cc([N+](=O)[O-])c1. The normalized spacial score (nSPS) is 12.3. The van der Waals surface area contributed by atoms with E-state index in [1.54, 1.807) is 41.5 Å².